The highest BCUT2D eigenvalue weighted by Gasteiger charge is 2.31. The molecule has 1 aliphatic rings. The zero-order valence-electron chi connectivity index (χ0n) is 21.0. The summed E-state index contributed by atoms with van der Waals surface area (Å²) >= 11 is 1.69. The summed E-state index contributed by atoms with van der Waals surface area (Å²) in [5, 5.41) is 5.25. The average molecular weight is 514 g/mol. The van der Waals surface area contributed by atoms with Crippen LogP contribution in [0.2, 0.25) is 0 Å². The molecule has 2 atom stereocenters. The number of methoxy groups -OCH3 is 3. The molecule has 0 bridgehead atoms. The van der Waals surface area contributed by atoms with E-state index in [1.165, 1.54) is 38.3 Å². The van der Waals surface area contributed by atoms with Crippen LogP contribution in [-0.4, -0.2) is 64.4 Å². The van der Waals surface area contributed by atoms with Crippen LogP contribution in [0.1, 0.15) is 28.2 Å². The van der Waals surface area contributed by atoms with Crippen molar-refractivity contribution in [1.82, 2.24) is 10.2 Å². The molecule has 0 aliphatic carbocycles. The number of anilines is 1. The third kappa shape index (κ3) is 5.57. The number of carbonyl (C=O) groups is 1. The molecular formula is C27H32FN3O4S. The highest BCUT2D eigenvalue weighted by molar-refractivity contribution is 7.10. The minimum atomic E-state index is -0.230. The molecule has 0 spiro atoms. The minimum Gasteiger partial charge on any atom is -0.493 e. The number of amides is 1. The summed E-state index contributed by atoms with van der Waals surface area (Å²) in [6.07, 6.45) is 0. The first-order valence-corrected chi connectivity index (χ1v) is 12.7. The van der Waals surface area contributed by atoms with E-state index in [1.807, 2.05) is 25.1 Å². The molecule has 0 radical (unpaired) electrons. The van der Waals surface area contributed by atoms with Crippen LogP contribution in [0.15, 0.2) is 53.9 Å². The van der Waals surface area contributed by atoms with Gasteiger partial charge in [-0.25, -0.2) is 4.39 Å². The number of piperazine rings is 1. The standard InChI is InChI=1S/C27H32FN3O4S/c1-18(29-27(32)19-16-22(33-2)26(35-4)23(17-19)34-3)25(24-6-5-15-36-24)31-13-11-30(12-14-31)21-9-7-20(28)8-10-21/h5-10,15-18,25H,11-14H2,1-4H3,(H,29,32)/t18-,25+/m1/s1. The molecule has 4 rings (SSSR count). The summed E-state index contributed by atoms with van der Waals surface area (Å²) in [5.74, 6) is 0.864. The molecule has 1 N–H and O–H groups in total. The van der Waals surface area contributed by atoms with Crippen molar-refractivity contribution in [3.63, 3.8) is 0 Å². The van der Waals surface area contributed by atoms with Crippen molar-refractivity contribution < 1.29 is 23.4 Å². The Labute approximate surface area is 215 Å². The lowest BCUT2D eigenvalue weighted by atomic mass is 10.0. The van der Waals surface area contributed by atoms with Crippen LogP contribution >= 0.6 is 11.3 Å². The predicted molar refractivity (Wildman–Crippen MR) is 140 cm³/mol. The lowest BCUT2D eigenvalue weighted by Crippen LogP contribution is -2.52. The number of benzene rings is 2. The Morgan fingerprint density at radius 2 is 1.61 bits per heavy atom. The van der Waals surface area contributed by atoms with Gasteiger partial charge in [0.2, 0.25) is 5.75 Å². The normalized spacial score (nSPS) is 15.8. The maximum Gasteiger partial charge on any atom is 0.251 e. The third-order valence-electron chi connectivity index (χ3n) is 6.49. The van der Waals surface area contributed by atoms with Crippen LogP contribution in [0.4, 0.5) is 10.1 Å². The first-order valence-electron chi connectivity index (χ1n) is 11.8. The van der Waals surface area contributed by atoms with Crippen LogP contribution in [0.25, 0.3) is 0 Å². The zero-order valence-corrected chi connectivity index (χ0v) is 21.8. The molecule has 2 heterocycles. The molecular weight excluding hydrogens is 481 g/mol. The van der Waals surface area contributed by atoms with E-state index in [-0.39, 0.29) is 23.8 Å². The van der Waals surface area contributed by atoms with Crippen LogP contribution in [-0.2, 0) is 0 Å². The molecule has 7 nitrogen and oxygen atoms in total. The van der Waals surface area contributed by atoms with Crippen LogP contribution in [0.3, 0.4) is 0 Å². The number of hydrogen-bond acceptors (Lipinski definition) is 7. The van der Waals surface area contributed by atoms with Gasteiger partial charge in [-0.1, -0.05) is 6.07 Å². The van der Waals surface area contributed by atoms with E-state index in [2.05, 4.69) is 26.6 Å². The van der Waals surface area contributed by atoms with Gasteiger partial charge in [0.15, 0.2) is 11.5 Å². The Hall–Kier alpha value is -3.30. The molecule has 1 saturated heterocycles. The van der Waals surface area contributed by atoms with Gasteiger partial charge in [-0.05, 0) is 54.8 Å². The van der Waals surface area contributed by atoms with E-state index >= 15 is 0 Å². The summed E-state index contributed by atoms with van der Waals surface area (Å²) in [5.41, 5.74) is 1.45. The second-order valence-electron chi connectivity index (χ2n) is 8.64. The summed E-state index contributed by atoms with van der Waals surface area (Å²) in [6, 6.07) is 14.0. The van der Waals surface area contributed by atoms with Gasteiger partial charge in [-0.3, -0.25) is 9.69 Å². The first kappa shape index (κ1) is 25.8. The largest absolute Gasteiger partial charge is 0.493 e. The third-order valence-corrected chi connectivity index (χ3v) is 7.44. The second kappa shape index (κ2) is 11.6. The molecule has 9 heteroatoms. The van der Waals surface area contributed by atoms with Gasteiger partial charge in [0, 0.05) is 48.3 Å². The lowest BCUT2D eigenvalue weighted by Gasteiger charge is -2.42. The van der Waals surface area contributed by atoms with Crippen LogP contribution in [0.5, 0.6) is 17.2 Å². The summed E-state index contributed by atoms with van der Waals surface area (Å²) < 4.78 is 29.5. The van der Waals surface area contributed by atoms with Gasteiger partial charge < -0.3 is 24.4 Å². The molecule has 36 heavy (non-hydrogen) atoms. The number of ether oxygens (including phenoxy) is 3. The van der Waals surface area contributed by atoms with Gasteiger partial charge in [0.25, 0.3) is 5.91 Å². The van der Waals surface area contributed by atoms with Crippen molar-refractivity contribution >= 4 is 22.9 Å². The van der Waals surface area contributed by atoms with E-state index in [0.717, 1.165) is 31.9 Å². The fourth-order valence-electron chi connectivity index (χ4n) is 4.69. The Morgan fingerprint density at radius 1 is 0.972 bits per heavy atom. The number of rotatable bonds is 9. The van der Waals surface area contributed by atoms with Crippen molar-refractivity contribution in [2.75, 3.05) is 52.4 Å². The van der Waals surface area contributed by atoms with E-state index in [1.54, 1.807) is 23.5 Å². The Balaban J connectivity index is 1.50. The van der Waals surface area contributed by atoms with Gasteiger partial charge in [-0.2, -0.15) is 0 Å². The number of halogens is 1. The monoisotopic (exact) mass is 513 g/mol. The molecule has 0 saturated carbocycles. The highest BCUT2D eigenvalue weighted by atomic mass is 32.1. The van der Waals surface area contributed by atoms with Crippen molar-refractivity contribution in [1.29, 1.82) is 0 Å². The quantitative estimate of drug-likeness (QED) is 0.452. The van der Waals surface area contributed by atoms with E-state index in [0.29, 0.717) is 22.8 Å². The number of hydrogen-bond donors (Lipinski definition) is 1. The van der Waals surface area contributed by atoms with Gasteiger partial charge in [0.05, 0.1) is 27.4 Å². The van der Waals surface area contributed by atoms with E-state index in [4.69, 9.17) is 14.2 Å². The van der Waals surface area contributed by atoms with Crippen molar-refractivity contribution in [2.45, 2.75) is 19.0 Å². The smallest absolute Gasteiger partial charge is 0.251 e. The molecule has 192 valence electrons. The number of nitrogens with one attached hydrogen (secondary N) is 1. The highest BCUT2D eigenvalue weighted by Crippen LogP contribution is 2.38. The Kier molecular flexibility index (Phi) is 8.32. The second-order valence-corrected chi connectivity index (χ2v) is 9.62. The van der Waals surface area contributed by atoms with Crippen LogP contribution < -0.4 is 24.4 Å². The number of carbonyl (C=O) groups excluding carboxylic acids is 1. The molecule has 0 unspecified atom stereocenters. The fraction of sp³-hybridized carbons (Fsp3) is 0.370. The summed E-state index contributed by atoms with van der Waals surface area (Å²) in [7, 11) is 4.59. The lowest BCUT2D eigenvalue weighted by molar-refractivity contribution is 0.0890. The first-order chi connectivity index (χ1) is 17.4. The summed E-state index contributed by atoms with van der Waals surface area (Å²) in [6.45, 7) is 5.32. The Morgan fingerprint density at radius 3 is 2.14 bits per heavy atom. The van der Waals surface area contributed by atoms with Crippen LogP contribution in [0, 0.1) is 5.82 Å². The van der Waals surface area contributed by atoms with Crippen molar-refractivity contribution in [3.05, 3.63) is 70.2 Å². The molecule has 1 aliphatic heterocycles. The van der Waals surface area contributed by atoms with Gasteiger partial charge in [-0.15, -0.1) is 11.3 Å². The molecule has 2 aromatic carbocycles. The predicted octanol–water partition coefficient (Wildman–Crippen LogP) is 4.59. The Bertz CT molecular complexity index is 1120. The maximum absolute atomic E-state index is 13.3. The maximum atomic E-state index is 13.3. The van der Waals surface area contributed by atoms with Gasteiger partial charge >= 0.3 is 0 Å². The molecule has 1 fully saturated rings. The van der Waals surface area contributed by atoms with E-state index in [9.17, 15) is 9.18 Å². The van der Waals surface area contributed by atoms with Crippen molar-refractivity contribution in [2.24, 2.45) is 0 Å². The number of thiophene rings is 1. The number of nitrogens with zero attached hydrogens (tertiary/aromatic N) is 2. The van der Waals surface area contributed by atoms with Crippen molar-refractivity contribution in [3.8, 4) is 17.2 Å². The fourth-order valence-corrected chi connectivity index (χ4v) is 5.66. The van der Waals surface area contributed by atoms with E-state index < -0.39 is 0 Å². The molecule has 1 amide bonds. The minimum absolute atomic E-state index is 0.0198. The zero-order chi connectivity index (χ0) is 25.7. The SMILES string of the molecule is COc1cc(C(=O)N[C@H](C)[C@@H](c2cccs2)N2CCN(c3ccc(F)cc3)CC2)cc(OC)c1OC. The topological polar surface area (TPSA) is 63.3 Å². The summed E-state index contributed by atoms with van der Waals surface area (Å²) in [4.78, 5) is 19.2. The van der Waals surface area contributed by atoms with Gasteiger partial charge in [0.1, 0.15) is 5.82 Å². The molecule has 1 aromatic heterocycles. The average Bonchev–Trinajstić information content (AvgIpc) is 3.43. The molecule has 3 aromatic rings.